The lowest BCUT2D eigenvalue weighted by atomic mass is 9.80. The van der Waals surface area contributed by atoms with E-state index in [1.807, 2.05) is 6.07 Å². The molecule has 3 nitrogen and oxygen atoms in total. The molecule has 0 bridgehead atoms. The quantitative estimate of drug-likeness (QED) is 0.855. The van der Waals surface area contributed by atoms with Crippen LogP contribution in [-0.2, 0) is 19.0 Å². The predicted octanol–water partition coefficient (Wildman–Crippen LogP) is 4.74. The number of nitrogens with two attached hydrogens (primary N) is 1. The Morgan fingerprint density at radius 3 is 2.76 bits per heavy atom. The largest absolute Gasteiger partial charge is 0.416 e. The highest BCUT2D eigenvalue weighted by atomic mass is 19.4. The van der Waals surface area contributed by atoms with Crippen LogP contribution in [0, 0.1) is 17.2 Å². The van der Waals surface area contributed by atoms with Crippen molar-refractivity contribution < 1.29 is 13.2 Å². The summed E-state index contributed by atoms with van der Waals surface area (Å²) in [6, 6.07) is 7.11. The third-order valence-corrected chi connectivity index (χ3v) is 4.86. The number of rotatable bonds is 2. The van der Waals surface area contributed by atoms with Gasteiger partial charge in [-0.15, -0.1) is 0 Å². The Bertz CT molecular complexity index is 850. The Morgan fingerprint density at radius 1 is 1.36 bits per heavy atom. The number of nitrogen functional groups attached to an aromatic ring is 1. The number of hydrogen-bond donors (Lipinski definition) is 1. The van der Waals surface area contributed by atoms with Crippen LogP contribution >= 0.6 is 0 Å². The highest BCUT2D eigenvalue weighted by Gasteiger charge is 2.32. The van der Waals surface area contributed by atoms with Crippen LogP contribution in [0.5, 0.6) is 0 Å². The molecule has 0 amide bonds. The van der Waals surface area contributed by atoms with Crippen molar-refractivity contribution in [3.8, 4) is 17.2 Å². The van der Waals surface area contributed by atoms with Crippen molar-refractivity contribution in [3.05, 3.63) is 46.6 Å². The van der Waals surface area contributed by atoms with Crippen LogP contribution in [0.25, 0.3) is 11.1 Å². The first-order valence-corrected chi connectivity index (χ1v) is 8.24. The fourth-order valence-corrected chi connectivity index (χ4v) is 3.48. The first kappa shape index (κ1) is 17.3. The molecule has 1 aliphatic rings. The van der Waals surface area contributed by atoms with Crippen LogP contribution in [0.4, 0.5) is 19.0 Å². The van der Waals surface area contributed by atoms with E-state index in [0.29, 0.717) is 23.5 Å². The SMILES string of the molecule is CCC1CCc2nc(N)c(C#N)c(-c3cccc(C(F)(F)F)c3)c2C1. The van der Waals surface area contributed by atoms with Gasteiger partial charge >= 0.3 is 6.18 Å². The number of pyridine rings is 1. The van der Waals surface area contributed by atoms with E-state index < -0.39 is 11.7 Å². The van der Waals surface area contributed by atoms with Crippen LogP contribution in [0.1, 0.15) is 42.1 Å². The third kappa shape index (κ3) is 3.19. The number of nitrogens with zero attached hydrogens (tertiary/aromatic N) is 2. The summed E-state index contributed by atoms with van der Waals surface area (Å²) in [5.74, 6) is 0.526. The Kier molecular flexibility index (Phi) is 4.42. The second-order valence-corrected chi connectivity index (χ2v) is 6.38. The molecule has 3 rings (SSSR count). The topological polar surface area (TPSA) is 62.7 Å². The van der Waals surface area contributed by atoms with Crippen molar-refractivity contribution in [1.29, 1.82) is 5.26 Å². The third-order valence-electron chi connectivity index (χ3n) is 4.86. The molecule has 1 unspecified atom stereocenters. The Balaban J connectivity index is 2.25. The van der Waals surface area contributed by atoms with Crippen LogP contribution in [0.15, 0.2) is 24.3 Å². The van der Waals surface area contributed by atoms with Gasteiger partial charge in [-0.1, -0.05) is 25.5 Å². The molecule has 130 valence electrons. The van der Waals surface area contributed by atoms with Gasteiger partial charge in [-0.25, -0.2) is 4.98 Å². The van der Waals surface area contributed by atoms with Gasteiger partial charge in [0, 0.05) is 11.3 Å². The summed E-state index contributed by atoms with van der Waals surface area (Å²) < 4.78 is 39.3. The molecule has 0 radical (unpaired) electrons. The second-order valence-electron chi connectivity index (χ2n) is 6.38. The van der Waals surface area contributed by atoms with Crippen LogP contribution in [-0.4, -0.2) is 4.98 Å². The highest BCUT2D eigenvalue weighted by molar-refractivity contribution is 5.79. The highest BCUT2D eigenvalue weighted by Crippen LogP contribution is 2.39. The Hall–Kier alpha value is -2.55. The molecule has 1 aromatic heterocycles. The Labute approximate surface area is 144 Å². The zero-order valence-corrected chi connectivity index (χ0v) is 13.8. The second kappa shape index (κ2) is 6.40. The van der Waals surface area contributed by atoms with Gasteiger partial charge in [-0.3, -0.25) is 0 Å². The first-order valence-electron chi connectivity index (χ1n) is 8.24. The van der Waals surface area contributed by atoms with Gasteiger partial charge < -0.3 is 5.73 Å². The monoisotopic (exact) mass is 345 g/mol. The van der Waals surface area contributed by atoms with Gasteiger partial charge in [-0.2, -0.15) is 18.4 Å². The smallest absolute Gasteiger partial charge is 0.383 e. The van der Waals surface area contributed by atoms with Gasteiger partial charge in [0.15, 0.2) is 0 Å². The number of halogens is 3. The van der Waals surface area contributed by atoms with E-state index in [0.717, 1.165) is 42.7 Å². The minimum absolute atomic E-state index is 0.0867. The van der Waals surface area contributed by atoms with E-state index >= 15 is 0 Å². The normalized spacial score (nSPS) is 17.0. The van der Waals surface area contributed by atoms with Gasteiger partial charge in [0.25, 0.3) is 0 Å². The van der Waals surface area contributed by atoms with Crippen molar-refractivity contribution in [3.63, 3.8) is 0 Å². The summed E-state index contributed by atoms with van der Waals surface area (Å²) in [5, 5.41) is 9.52. The van der Waals surface area contributed by atoms with Gasteiger partial charge in [0.2, 0.25) is 0 Å². The van der Waals surface area contributed by atoms with Crippen molar-refractivity contribution >= 4 is 5.82 Å². The molecule has 0 aliphatic heterocycles. The molecule has 1 aromatic carbocycles. The van der Waals surface area contributed by atoms with Crippen LogP contribution in [0.3, 0.4) is 0 Å². The fourth-order valence-electron chi connectivity index (χ4n) is 3.48. The molecular weight excluding hydrogens is 327 g/mol. The molecule has 6 heteroatoms. The average Bonchev–Trinajstić information content (AvgIpc) is 2.59. The Morgan fingerprint density at radius 2 is 2.12 bits per heavy atom. The molecule has 0 saturated carbocycles. The first-order chi connectivity index (χ1) is 11.8. The zero-order chi connectivity index (χ0) is 18.2. The average molecular weight is 345 g/mol. The number of aromatic nitrogens is 1. The minimum atomic E-state index is -4.44. The van der Waals surface area contributed by atoms with E-state index in [1.54, 1.807) is 6.07 Å². The van der Waals surface area contributed by atoms with E-state index in [-0.39, 0.29) is 11.4 Å². The lowest BCUT2D eigenvalue weighted by molar-refractivity contribution is -0.137. The number of nitriles is 1. The summed E-state index contributed by atoms with van der Waals surface area (Å²) in [4.78, 5) is 4.34. The number of benzene rings is 1. The number of alkyl halides is 3. The van der Waals surface area contributed by atoms with E-state index in [1.165, 1.54) is 6.07 Å². The van der Waals surface area contributed by atoms with Crippen molar-refractivity contribution in [2.45, 2.75) is 38.8 Å². The van der Waals surface area contributed by atoms with E-state index in [9.17, 15) is 18.4 Å². The summed E-state index contributed by atoms with van der Waals surface area (Å²) in [5.41, 5.74) is 7.90. The van der Waals surface area contributed by atoms with Crippen LogP contribution < -0.4 is 5.73 Å². The summed E-state index contributed by atoms with van der Waals surface area (Å²) in [7, 11) is 0. The van der Waals surface area contributed by atoms with Crippen molar-refractivity contribution in [2.24, 2.45) is 5.92 Å². The number of fused-ring (bicyclic) bond motifs is 1. The summed E-state index contributed by atoms with van der Waals surface area (Å²) in [6.45, 7) is 2.09. The molecule has 0 saturated heterocycles. The minimum Gasteiger partial charge on any atom is -0.383 e. The van der Waals surface area contributed by atoms with Crippen LogP contribution in [0.2, 0.25) is 0 Å². The molecule has 1 heterocycles. The molecule has 2 aromatic rings. The van der Waals surface area contributed by atoms with Gasteiger partial charge in [-0.05, 0) is 48.4 Å². The fraction of sp³-hybridized carbons (Fsp3) is 0.368. The molecular formula is C19H18F3N3. The number of aryl methyl sites for hydroxylation is 1. The predicted molar refractivity (Wildman–Crippen MR) is 89.6 cm³/mol. The molecule has 25 heavy (non-hydrogen) atoms. The number of hydrogen-bond acceptors (Lipinski definition) is 3. The maximum absolute atomic E-state index is 13.1. The van der Waals surface area contributed by atoms with E-state index in [2.05, 4.69) is 11.9 Å². The lowest BCUT2D eigenvalue weighted by Crippen LogP contribution is -2.18. The van der Waals surface area contributed by atoms with E-state index in [4.69, 9.17) is 5.73 Å². The number of anilines is 1. The molecule has 0 spiro atoms. The maximum atomic E-state index is 13.1. The molecule has 1 aliphatic carbocycles. The van der Waals surface area contributed by atoms with Crippen molar-refractivity contribution in [2.75, 3.05) is 5.73 Å². The summed E-state index contributed by atoms with van der Waals surface area (Å²) in [6.07, 6.45) is -1.04. The zero-order valence-electron chi connectivity index (χ0n) is 13.8. The van der Waals surface area contributed by atoms with Gasteiger partial charge in [0.05, 0.1) is 5.56 Å². The maximum Gasteiger partial charge on any atom is 0.416 e. The molecule has 2 N–H and O–H groups in total. The standard InChI is InChI=1S/C19H18F3N3/c1-2-11-6-7-16-14(8-11)17(15(10-23)18(24)25-16)12-4-3-5-13(9-12)19(20,21)22/h3-5,9,11H,2,6-8H2,1H3,(H2,24,25). The van der Waals surface area contributed by atoms with Gasteiger partial charge in [0.1, 0.15) is 17.5 Å². The summed E-state index contributed by atoms with van der Waals surface area (Å²) >= 11 is 0. The molecule has 1 atom stereocenters. The lowest BCUT2D eigenvalue weighted by Gasteiger charge is -2.26. The van der Waals surface area contributed by atoms with Crippen molar-refractivity contribution in [1.82, 2.24) is 4.98 Å². The molecule has 0 fully saturated rings.